The fraction of sp³-hybridized carbons (Fsp3) is 0.828. The molecular formula is C29H53NO6. The molecule has 0 aromatic carbocycles. The van der Waals surface area contributed by atoms with E-state index < -0.39 is 17.9 Å². The molecule has 0 amide bonds. The highest BCUT2D eigenvalue weighted by Gasteiger charge is 2.26. The second-order valence-corrected chi connectivity index (χ2v) is 10.3. The molecule has 0 saturated carbocycles. The van der Waals surface area contributed by atoms with E-state index >= 15 is 0 Å². The van der Waals surface area contributed by atoms with Crippen molar-refractivity contribution in [1.82, 2.24) is 0 Å². The van der Waals surface area contributed by atoms with Crippen LogP contribution in [0.4, 0.5) is 0 Å². The number of hydrogen-bond acceptors (Lipinski definition) is 4. The molecule has 0 bridgehead atoms. The minimum Gasteiger partial charge on any atom is -0.550 e. The van der Waals surface area contributed by atoms with Gasteiger partial charge in [0.1, 0.15) is 0 Å². The van der Waals surface area contributed by atoms with Crippen LogP contribution in [0.3, 0.4) is 0 Å². The third kappa shape index (κ3) is 22.6. The summed E-state index contributed by atoms with van der Waals surface area (Å²) in [4.78, 5) is 33.0. The lowest BCUT2D eigenvalue weighted by Crippen LogP contribution is -2.51. The first-order valence-electron chi connectivity index (χ1n) is 14.4. The highest BCUT2D eigenvalue weighted by atomic mass is 16.4. The zero-order valence-electron chi connectivity index (χ0n) is 22.9. The van der Waals surface area contributed by atoms with Crippen molar-refractivity contribution in [2.45, 2.75) is 129 Å². The molecule has 0 aliphatic carbocycles. The molecule has 0 saturated heterocycles. The van der Waals surface area contributed by atoms with Crippen LogP contribution in [-0.4, -0.2) is 58.8 Å². The minimum atomic E-state index is -1.08. The molecule has 0 radical (unpaired) electrons. The maximum Gasteiger partial charge on any atom is 0.303 e. The van der Waals surface area contributed by atoms with Gasteiger partial charge in [0.05, 0.1) is 39.0 Å². The van der Waals surface area contributed by atoms with Crippen LogP contribution >= 0.6 is 0 Å². The molecule has 0 rings (SSSR count). The lowest BCUT2D eigenvalue weighted by Gasteiger charge is -2.39. The van der Waals surface area contributed by atoms with Crippen LogP contribution in [0.1, 0.15) is 129 Å². The van der Waals surface area contributed by atoms with Gasteiger partial charge >= 0.3 is 11.9 Å². The van der Waals surface area contributed by atoms with Crippen molar-refractivity contribution in [3.05, 3.63) is 12.2 Å². The van der Waals surface area contributed by atoms with Crippen molar-refractivity contribution in [1.29, 1.82) is 0 Å². The van der Waals surface area contributed by atoms with Crippen molar-refractivity contribution in [3.8, 4) is 0 Å². The van der Waals surface area contributed by atoms with Gasteiger partial charge in [0, 0.05) is 25.2 Å². The van der Waals surface area contributed by atoms with Gasteiger partial charge < -0.3 is 24.6 Å². The number of hydrogen-bond donors (Lipinski definition) is 2. The minimum absolute atomic E-state index is 0.0247. The second-order valence-electron chi connectivity index (χ2n) is 10.3. The molecule has 0 fully saturated rings. The number of unbranched alkanes of at least 4 members (excludes halogenated alkanes) is 11. The number of rotatable bonds is 27. The number of allylic oxidation sites excluding steroid dienone is 2. The Hall–Kier alpha value is -1.89. The predicted octanol–water partition coefficient (Wildman–Crippen LogP) is 5.71. The van der Waals surface area contributed by atoms with Crippen molar-refractivity contribution >= 4 is 17.9 Å². The summed E-state index contributed by atoms with van der Waals surface area (Å²) in [6.07, 6.45) is 22.2. The second kappa shape index (κ2) is 23.5. The topological polar surface area (TPSA) is 115 Å². The number of carbonyl (C=O) groups is 3. The van der Waals surface area contributed by atoms with Crippen LogP contribution in [0.2, 0.25) is 0 Å². The monoisotopic (exact) mass is 511 g/mol. The van der Waals surface area contributed by atoms with Crippen LogP contribution in [0.5, 0.6) is 0 Å². The van der Waals surface area contributed by atoms with E-state index in [1.807, 2.05) is 0 Å². The van der Waals surface area contributed by atoms with E-state index in [-0.39, 0.29) is 19.3 Å². The van der Waals surface area contributed by atoms with Crippen LogP contribution in [-0.2, 0) is 14.4 Å². The third-order valence-corrected chi connectivity index (χ3v) is 6.95. The molecule has 0 aromatic heterocycles. The number of carboxylic acid groups (broad SMARTS) is 3. The summed E-state index contributed by atoms with van der Waals surface area (Å²) in [6.45, 7) is 4.98. The molecule has 0 spiro atoms. The number of carbonyl (C=O) groups excluding carboxylic acids is 1. The molecule has 0 atom stereocenters. The average molecular weight is 512 g/mol. The van der Waals surface area contributed by atoms with Gasteiger partial charge in [-0.3, -0.25) is 9.59 Å². The van der Waals surface area contributed by atoms with E-state index in [1.54, 1.807) is 0 Å². The summed E-state index contributed by atoms with van der Waals surface area (Å²) in [5.74, 6) is -2.76. The molecule has 0 aliphatic heterocycles. The zero-order chi connectivity index (χ0) is 26.9. The Morgan fingerprint density at radius 1 is 0.583 bits per heavy atom. The number of nitrogens with zero attached hydrogens (tertiary/aromatic N) is 1. The number of quaternary nitrogens is 1. The van der Waals surface area contributed by atoms with E-state index in [9.17, 15) is 19.5 Å². The average Bonchev–Trinajstić information content (AvgIpc) is 2.80. The summed E-state index contributed by atoms with van der Waals surface area (Å²) in [6, 6.07) is 0. The van der Waals surface area contributed by atoms with Crippen LogP contribution in [0.15, 0.2) is 12.2 Å². The normalized spacial score (nSPS) is 11.8. The van der Waals surface area contributed by atoms with Crippen LogP contribution in [0.25, 0.3) is 0 Å². The first-order chi connectivity index (χ1) is 17.3. The quantitative estimate of drug-likeness (QED) is 0.0829. The third-order valence-electron chi connectivity index (χ3n) is 6.95. The maximum atomic E-state index is 11.0. The summed E-state index contributed by atoms with van der Waals surface area (Å²) in [5.41, 5.74) is 0. The number of aliphatic carboxylic acids is 3. The van der Waals surface area contributed by atoms with Gasteiger partial charge in [0.15, 0.2) is 0 Å². The Morgan fingerprint density at radius 2 is 0.972 bits per heavy atom. The highest BCUT2D eigenvalue weighted by molar-refractivity contribution is 5.66. The number of carboxylic acids is 3. The lowest BCUT2D eigenvalue weighted by molar-refractivity contribution is -0.929. The standard InChI is InChI=1S/C29H53NO6/c1-2-3-4-5-6-7-8-9-10-11-12-13-14-15-16-23-30(24-17-20-27(31)32,25-18-21-28(33)34)26-19-22-29(35)36/h10-11H,2-9,12-26H2,1H3,(H2-,31,32,33,34,35,36)/b11-10+. The van der Waals surface area contributed by atoms with Gasteiger partial charge in [-0.05, 0) is 44.9 Å². The fourth-order valence-electron chi connectivity index (χ4n) is 4.88. The summed E-state index contributed by atoms with van der Waals surface area (Å²) >= 11 is 0. The molecule has 7 heteroatoms. The molecule has 210 valence electrons. The Morgan fingerprint density at radius 3 is 1.42 bits per heavy atom. The van der Waals surface area contributed by atoms with Gasteiger partial charge in [0.25, 0.3) is 0 Å². The van der Waals surface area contributed by atoms with E-state index in [1.165, 1.54) is 51.4 Å². The molecular weight excluding hydrogens is 458 g/mol. The predicted molar refractivity (Wildman–Crippen MR) is 143 cm³/mol. The lowest BCUT2D eigenvalue weighted by atomic mass is 10.1. The summed E-state index contributed by atoms with van der Waals surface area (Å²) < 4.78 is 0.603. The molecule has 0 unspecified atom stereocenters. The molecule has 2 N–H and O–H groups in total. The molecule has 0 aliphatic rings. The highest BCUT2D eigenvalue weighted by Crippen LogP contribution is 2.18. The first-order valence-corrected chi connectivity index (χ1v) is 14.4. The van der Waals surface area contributed by atoms with Crippen LogP contribution in [0, 0.1) is 0 Å². The van der Waals surface area contributed by atoms with E-state index in [0.717, 1.165) is 38.6 Å². The summed E-state index contributed by atoms with van der Waals surface area (Å²) in [7, 11) is 0. The Balaban J connectivity index is 4.38. The maximum absolute atomic E-state index is 11.0. The van der Waals surface area contributed by atoms with Gasteiger partial charge in [-0.2, -0.15) is 0 Å². The molecule has 0 aromatic rings. The Bertz CT molecular complexity index is 554. The Kier molecular flexibility index (Phi) is 22.3. The summed E-state index contributed by atoms with van der Waals surface area (Å²) in [5, 5.41) is 29.0. The zero-order valence-corrected chi connectivity index (χ0v) is 22.9. The van der Waals surface area contributed by atoms with Crippen molar-refractivity contribution in [3.63, 3.8) is 0 Å². The van der Waals surface area contributed by atoms with Crippen LogP contribution < -0.4 is 5.11 Å². The Labute approximate surface area is 219 Å². The van der Waals surface area contributed by atoms with Gasteiger partial charge in [0.2, 0.25) is 0 Å². The van der Waals surface area contributed by atoms with E-state index in [2.05, 4.69) is 19.1 Å². The van der Waals surface area contributed by atoms with Gasteiger partial charge in [-0.15, -0.1) is 0 Å². The molecule has 7 nitrogen and oxygen atoms in total. The smallest absolute Gasteiger partial charge is 0.303 e. The van der Waals surface area contributed by atoms with Crippen molar-refractivity contribution < 1.29 is 34.2 Å². The first kappa shape index (κ1) is 34.1. The SMILES string of the molecule is CCCCCCCCC/C=C/CCCCCC[N+](CCCC(=O)[O-])(CCCC(=O)O)CCCC(=O)O. The van der Waals surface area contributed by atoms with Gasteiger partial charge in [-0.25, -0.2) is 0 Å². The largest absolute Gasteiger partial charge is 0.550 e. The van der Waals surface area contributed by atoms with Crippen molar-refractivity contribution in [2.24, 2.45) is 0 Å². The van der Waals surface area contributed by atoms with Crippen molar-refractivity contribution in [2.75, 3.05) is 26.2 Å². The molecule has 36 heavy (non-hydrogen) atoms. The van der Waals surface area contributed by atoms with Gasteiger partial charge in [-0.1, -0.05) is 64.0 Å². The molecule has 0 heterocycles. The van der Waals surface area contributed by atoms with E-state index in [4.69, 9.17) is 10.2 Å². The van der Waals surface area contributed by atoms with E-state index in [0.29, 0.717) is 43.4 Å². The fourth-order valence-corrected chi connectivity index (χ4v) is 4.88.